The summed E-state index contributed by atoms with van der Waals surface area (Å²) in [6.45, 7) is 4.46. The van der Waals surface area contributed by atoms with Crippen molar-refractivity contribution in [1.82, 2.24) is 5.16 Å². The predicted octanol–water partition coefficient (Wildman–Crippen LogP) is 3.54. The van der Waals surface area contributed by atoms with Crippen LogP contribution in [0, 0.1) is 13.8 Å². The van der Waals surface area contributed by atoms with Gasteiger partial charge in [-0.25, -0.2) is 0 Å². The number of rotatable bonds is 1. The minimum Gasteiger partial charge on any atom is -0.351 e. The van der Waals surface area contributed by atoms with Gasteiger partial charge in [0, 0.05) is 17.6 Å². The molecule has 0 bridgehead atoms. The van der Waals surface area contributed by atoms with Crippen molar-refractivity contribution in [3.8, 4) is 0 Å². The van der Waals surface area contributed by atoms with Gasteiger partial charge in [0.25, 0.3) is 5.91 Å². The quantitative estimate of drug-likeness (QED) is 0.807. The molecule has 1 aromatic carbocycles. The molecule has 104 valence electrons. The third kappa shape index (κ3) is 2.20. The second kappa shape index (κ2) is 4.94. The number of carbonyl (C=O) groups excluding carboxylic acids is 1. The number of hydrogen-bond acceptors (Lipinski definition) is 3. The van der Waals surface area contributed by atoms with E-state index >= 15 is 0 Å². The molecule has 2 aromatic rings. The number of fused-ring (bicyclic) bond motifs is 1. The van der Waals surface area contributed by atoms with Crippen LogP contribution in [0.2, 0.25) is 5.02 Å². The highest BCUT2D eigenvalue weighted by molar-refractivity contribution is 6.31. The first-order chi connectivity index (χ1) is 9.56. The Bertz CT molecular complexity index is 679. The normalized spacial score (nSPS) is 14.2. The summed E-state index contributed by atoms with van der Waals surface area (Å²) in [6, 6.07) is 5.49. The lowest BCUT2D eigenvalue weighted by molar-refractivity contribution is 0.0949. The first kappa shape index (κ1) is 13.2. The van der Waals surface area contributed by atoms with Crippen LogP contribution in [-0.2, 0) is 6.42 Å². The molecule has 0 fully saturated rings. The third-order valence-electron chi connectivity index (χ3n) is 3.53. The summed E-state index contributed by atoms with van der Waals surface area (Å²) in [5.41, 5.74) is 3.79. The Morgan fingerprint density at radius 2 is 2.15 bits per heavy atom. The smallest absolute Gasteiger partial charge is 0.296 e. The van der Waals surface area contributed by atoms with E-state index in [2.05, 4.69) is 5.16 Å². The van der Waals surface area contributed by atoms with E-state index in [0.717, 1.165) is 29.7 Å². The fourth-order valence-corrected chi connectivity index (χ4v) is 3.02. The van der Waals surface area contributed by atoms with Gasteiger partial charge in [0.05, 0.1) is 11.4 Å². The van der Waals surface area contributed by atoms with Crippen molar-refractivity contribution < 1.29 is 9.32 Å². The molecule has 0 aliphatic carbocycles. The molecule has 0 saturated carbocycles. The Balaban J connectivity index is 2.04. The molecule has 1 amide bonds. The summed E-state index contributed by atoms with van der Waals surface area (Å²) in [4.78, 5) is 14.3. The molecule has 1 aliphatic heterocycles. The van der Waals surface area contributed by atoms with Gasteiger partial charge in [-0.2, -0.15) is 0 Å². The summed E-state index contributed by atoms with van der Waals surface area (Å²) in [7, 11) is 0. The first-order valence-corrected chi connectivity index (χ1v) is 6.98. The van der Waals surface area contributed by atoms with Gasteiger partial charge >= 0.3 is 0 Å². The fourth-order valence-electron chi connectivity index (χ4n) is 2.72. The molecule has 0 unspecified atom stereocenters. The van der Waals surface area contributed by atoms with Crippen LogP contribution >= 0.6 is 11.6 Å². The third-order valence-corrected chi connectivity index (χ3v) is 3.74. The summed E-state index contributed by atoms with van der Waals surface area (Å²) in [5, 5.41) is 4.50. The minimum absolute atomic E-state index is 0.142. The molecule has 1 aromatic heterocycles. The van der Waals surface area contributed by atoms with E-state index in [0.29, 0.717) is 17.3 Å². The number of benzene rings is 1. The van der Waals surface area contributed by atoms with Crippen molar-refractivity contribution in [1.29, 1.82) is 0 Å². The molecule has 0 spiro atoms. The molecule has 5 heteroatoms. The van der Waals surface area contributed by atoms with Crippen molar-refractivity contribution in [3.63, 3.8) is 0 Å². The monoisotopic (exact) mass is 290 g/mol. The lowest BCUT2D eigenvalue weighted by Gasteiger charge is -2.30. The zero-order valence-electron chi connectivity index (χ0n) is 11.4. The molecule has 3 rings (SSSR count). The lowest BCUT2D eigenvalue weighted by Crippen LogP contribution is -2.36. The number of aryl methyl sites for hydroxylation is 3. The largest absolute Gasteiger partial charge is 0.351 e. The summed E-state index contributed by atoms with van der Waals surface area (Å²) in [6.07, 6.45) is 1.86. The molecule has 0 N–H and O–H groups in total. The molecule has 0 atom stereocenters. The summed E-state index contributed by atoms with van der Waals surface area (Å²) in [5.74, 6) is 0.140. The molecular weight excluding hydrogens is 276 g/mol. The number of hydrogen-bond donors (Lipinski definition) is 0. The van der Waals surface area contributed by atoms with Gasteiger partial charge in [0.2, 0.25) is 5.76 Å². The van der Waals surface area contributed by atoms with Gasteiger partial charge in [0.15, 0.2) is 0 Å². The van der Waals surface area contributed by atoms with E-state index in [1.54, 1.807) is 17.9 Å². The summed E-state index contributed by atoms with van der Waals surface area (Å²) >= 11 is 6.10. The highest BCUT2D eigenvalue weighted by atomic mass is 35.5. The van der Waals surface area contributed by atoms with E-state index < -0.39 is 0 Å². The number of halogens is 1. The van der Waals surface area contributed by atoms with Crippen molar-refractivity contribution in [2.75, 3.05) is 11.4 Å². The van der Waals surface area contributed by atoms with Crippen molar-refractivity contribution in [2.24, 2.45) is 0 Å². The number of carbonyl (C=O) groups is 1. The van der Waals surface area contributed by atoms with E-state index in [1.807, 2.05) is 19.1 Å². The van der Waals surface area contributed by atoms with Crippen LogP contribution in [0.25, 0.3) is 0 Å². The number of anilines is 1. The first-order valence-electron chi connectivity index (χ1n) is 6.60. The number of nitrogens with zero attached hydrogens (tertiary/aromatic N) is 2. The summed E-state index contributed by atoms with van der Waals surface area (Å²) < 4.78 is 5.09. The average Bonchev–Trinajstić information content (AvgIpc) is 2.83. The molecular formula is C15H15ClN2O2. The predicted molar refractivity (Wildman–Crippen MR) is 77.4 cm³/mol. The van der Waals surface area contributed by atoms with Crippen molar-refractivity contribution in [3.05, 3.63) is 45.8 Å². The van der Waals surface area contributed by atoms with E-state index in [4.69, 9.17) is 16.1 Å². The molecule has 4 nitrogen and oxygen atoms in total. The van der Waals surface area contributed by atoms with Crippen LogP contribution in [0.5, 0.6) is 0 Å². The van der Waals surface area contributed by atoms with Gasteiger partial charge in [-0.3, -0.25) is 4.79 Å². The second-order valence-corrected chi connectivity index (χ2v) is 5.56. The average molecular weight is 291 g/mol. The van der Waals surface area contributed by atoms with Crippen LogP contribution in [-0.4, -0.2) is 17.6 Å². The number of amides is 1. The van der Waals surface area contributed by atoms with Crippen molar-refractivity contribution in [2.45, 2.75) is 26.7 Å². The van der Waals surface area contributed by atoms with E-state index in [1.165, 1.54) is 0 Å². The van der Waals surface area contributed by atoms with Gasteiger partial charge < -0.3 is 9.42 Å². The topological polar surface area (TPSA) is 46.3 Å². The zero-order chi connectivity index (χ0) is 14.3. The van der Waals surface area contributed by atoms with Crippen molar-refractivity contribution >= 4 is 23.2 Å². The van der Waals surface area contributed by atoms with Gasteiger partial charge in [0.1, 0.15) is 0 Å². The lowest BCUT2D eigenvalue weighted by atomic mass is 9.98. The maximum Gasteiger partial charge on any atom is 0.296 e. The van der Waals surface area contributed by atoms with Crippen LogP contribution in [0.4, 0.5) is 5.69 Å². The molecule has 0 saturated heterocycles. The van der Waals surface area contributed by atoms with Gasteiger partial charge in [-0.05, 0) is 49.9 Å². The van der Waals surface area contributed by atoms with E-state index in [-0.39, 0.29) is 11.7 Å². The second-order valence-electron chi connectivity index (χ2n) is 5.12. The Labute approximate surface area is 122 Å². The van der Waals surface area contributed by atoms with Crippen LogP contribution < -0.4 is 4.90 Å². The SMILES string of the molecule is Cc1cc(C(=O)N2CCCc3cc(Cl)cc(C)c32)on1. The molecule has 2 heterocycles. The van der Waals surface area contributed by atoms with Gasteiger partial charge in [-0.15, -0.1) is 0 Å². The zero-order valence-corrected chi connectivity index (χ0v) is 12.2. The van der Waals surface area contributed by atoms with E-state index in [9.17, 15) is 4.79 Å². The standard InChI is InChI=1S/C15H15ClN2O2/c1-9-6-12(16)8-11-4-3-5-18(14(9)11)15(19)13-7-10(2)17-20-13/h6-8H,3-5H2,1-2H3. The maximum absolute atomic E-state index is 12.6. The van der Waals surface area contributed by atoms with Crippen LogP contribution in [0.3, 0.4) is 0 Å². The van der Waals surface area contributed by atoms with Gasteiger partial charge in [-0.1, -0.05) is 16.8 Å². The molecule has 0 radical (unpaired) electrons. The van der Waals surface area contributed by atoms with Crippen LogP contribution in [0.15, 0.2) is 22.7 Å². The minimum atomic E-state index is -0.142. The fraction of sp³-hybridized carbons (Fsp3) is 0.333. The maximum atomic E-state index is 12.6. The Kier molecular flexibility index (Phi) is 3.26. The molecule has 1 aliphatic rings. The molecule has 20 heavy (non-hydrogen) atoms. The Morgan fingerprint density at radius 1 is 1.35 bits per heavy atom. The number of aromatic nitrogens is 1. The van der Waals surface area contributed by atoms with Crippen LogP contribution in [0.1, 0.15) is 33.8 Å². The highest BCUT2D eigenvalue weighted by Crippen LogP contribution is 2.34. The Hall–Kier alpha value is -1.81. The Morgan fingerprint density at radius 3 is 2.85 bits per heavy atom. The highest BCUT2D eigenvalue weighted by Gasteiger charge is 2.27.